The van der Waals surface area contributed by atoms with Gasteiger partial charge in [-0.2, -0.15) is 0 Å². The zero-order valence-corrected chi connectivity index (χ0v) is 11.1. The molecule has 1 heterocycles. The summed E-state index contributed by atoms with van der Waals surface area (Å²) in [7, 11) is 0. The third kappa shape index (κ3) is 6.88. The molecular weight excluding hydrogens is 272 g/mol. The maximum Gasteiger partial charge on any atom is 0.372 e. The Bertz CT molecular complexity index is 394. The molecule has 20 heavy (non-hydrogen) atoms. The Morgan fingerprint density at radius 3 is 2.25 bits per heavy atom. The van der Waals surface area contributed by atoms with Gasteiger partial charge in [0.1, 0.15) is 5.56 Å². The molecule has 0 radical (unpaired) electrons. The Kier molecular flexibility index (Phi) is 8.21. The van der Waals surface area contributed by atoms with Crippen LogP contribution in [0.5, 0.6) is 0 Å². The molecule has 4 N–H and O–H groups in total. The van der Waals surface area contributed by atoms with Crippen molar-refractivity contribution in [3.05, 3.63) is 23.7 Å². The van der Waals surface area contributed by atoms with Gasteiger partial charge in [-0.1, -0.05) is 0 Å². The summed E-state index contributed by atoms with van der Waals surface area (Å²) >= 11 is 0. The van der Waals surface area contributed by atoms with Crippen molar-refractivity contribution in [1.82, 2.24) is 0 Å². The number of rotatable bonds is 6. The predicted octanol–water partition coefficient (Wildman–Crippen LogP) is 0.441. The fourth-order valence-corrected chi connectivity index (χ4v) is 1.000. The summed E-state index contributed by atoms with van der Waals surface area (Å²) in [5.74, 6) is -3.24. The lowest BCUT2D eigenvalue weighted by Gasteiger charge is -2.10. The molecule has 1 aromatic rings. The van der Waals surface area contributed by atoms with E-state index in [0.29, 0.717) is 6.61 Å². The monoisotopic (exact) mass is 290 g/mol. The van der Waals surface area contributed by atoms with E-state index in [-0.39, 0.29) is 18.3 Å². The minimum Gasteiger partial charge on any atom is -0.478 e. The Labute approximate surface area is 115 Å². The molecule has 0 aromatic carbocycles. The quantitative estimate of drug-likeness (QED) is 0.592. The first-order valence-corrected chi connectivity index (χ1v) is 5.74. The summed E-state index contributed by atoms with van der Waals surface area (Å²) in [4.78, 5) is 20.5. The van der Waals surface area contributed by atoms with Crippen molar-refractivity contribution in [1.29, 1.82) is 0 Å². The summed E-state index contributed by atoms with van der Waals surface area (Å²) in [5, 5.41) is 33.9. The predicted molar refractivity (Wildman–Crippen MR) is 66.8 cm³/mol. The Morgan fingerprint density at radius 1 is 1.30 bits per heavy atom. The van der Waals surface area contributed by atoms with Gasteiger partial charge in [0.25, 0.3) is 0 Å². The molecule has 0 spiro atoms. The minimum absolute atomic E-state index is 0.00667. The molecular formula is C12H18O8. The molecule has 0 bridgehead atoms. The maximum absolute atomic E-state index is 10.3. The molecule has 8 nitrogen and oxygen atoms in total. The van der Waals surface area contributed by atoms with Crippen molar-refractivity contribution >= 4 is 11.9 Å². The van der Waals surface area contributed by atoms with Crippen LogP contribution in [0, 0.1) is 0 Å². The van der Waals surface area contributed by atoms with E-state index in [0.717, 1.165) is 12.3 Å². The van der Waals surface area contributed by atoms with Crippen molar-refractivity contribution in [2.24, 2.45) is 0 Å². The van der Waals surface area contributed by atoms with Crippen molar-refractivity contribution < 1.29 is 39.2 Å². The number of furan rings is 1. The van der Waals surface area contributed by atoms with Crippen molar-refractivity contribution in [3.8, 4) is 0 Å². The highest BCUT2D eigenvalue weighted by Crippen LogP contribution is 2.09. The SMILES string of the molecule is CC(O)COC(C)CO.O=C(O)c1ccoc1C(=O)O. The number of hydrogen-bond donors (Lipinski definition) is 4. The topological polar surface area (TPSA) is 137 Å². The minimum atomic E-state index is -1.38. The standard InChI is InChI=1S/C6H4O5.C6H14O3/c7-5(8)3-1-2-11-4(3)6(9)10;1-5(8)4-9-6(2)3-7/h1-2H,(H,7,8)(H,9,10);5-8H,3-4H2,1-2H3. The Hall–Kier alpha value is -1.90. The number of carboxylic acids is 2. The van der Waals surface area contributed by atoms with Gasteiger partial charge in [0.05, 0.1) is 31.7 Å². The van der Waals surface area contributed by atoms with Crippen LogP contribution in [-0.4, -0.2) is 57.8 Å². The second kappa shape index (κ2) is 9.08. The fourth-order valence-electron chi connectivity index (χ4n) is 1.000. The van der Waals surface area contributed by atoms with E-state index in [1.807, 2.05) is 0 Å². The first kappa shape index (κ1) is 18.1. The average molecular weight is 290 g/mol. The highest BCUT2D eigenvalue weighted by Gasteiger charge is 2.18. The number of aliphatic hydroxyl groups excluding tert-OH is 2. The number of aliphatic hydroxyl groups is 2. The van der Waals surface area contributed by atoms with Gasteiger partial charge >= 0.3 is 11.9 Å². The van der Waals surface area contributed by atoms with Crippen LogP contribution >= 0.6 is 0 Å². The second-order valence-electron chi connectivity index (χ2n) is 3.95. The summed E-state index contributed by atoms with van der Waals surface area (Å²) in [6.07, 6.45) is 0.408. The van der Waals surface area contributed by atoms with Crippen LogP contribution in [0.1, 0.15) is 34.8 Å². The maximum atomic E-state index is 10.3. The van der Waals surface area contributed by atoms with Crippen LogP contribution in [0.15, 0.2) is 16.7 Å². The number of carbonyl (C=O) groups is 2. The molecule has 0 aliphatic heterocycles. The molecule has 0 saturated heterocycles. The van der Waals surface area contributed by atoms with Crippen molar-refractivity contribution in [2.45, 2.75) is 26.1 Å². The smallest absolute Gasteiger partial charge is 0.372 e. The molecule has 0 aliphatic carbocycles. The molecule has 0 saturated carbocycles. The van der Waals surface area contributed by atoms with Crippen LogP contribution in [0.25, 0.3) is 0 Å². The second-order valence-corrected chi connectivity index (χ2v) is 3.95. The van der Waals surface area contributed by atoms with Gasteiger partial charge in [0.2, 0.25) is 5.76 Å². The molecule has 8 heteroatoms. The third-order valence-electron chi connectivity index (χ3n) is 1.97. The number of hydrogen-bond acceptors (Lipinski definition) is 6. The van der Waals surface area contributed by atoms with E-state index in [1.54, 1.807) is 13.8 Å². The molecule has 2 atom stereocenters. The average Bonchev–Trinajstić information content (AvgIpc) is 2.86. The number of ether oxygens (including phenoxy) is 1. The fraction of sp³-hybridized carbons (Fsp3) is 0.500. The van der Waals surface area contributed by atoms with Crippen LogP contribution in [0.3, 0.4) is 0 Å². The largest absolute Gasteiger partial charge is 0.478 e. The zero-order chi connectivity index (χ0) is 15.7. The Morgan fingerprint density at radius 2 is 1.90 bits per heavy atom. The molecule has 0 fully saturated rings. The van der Waals surface area contributed by atoms with Crippen LogP contribution in [-0.2, 0) is 4.74 Å². The van der Waals surface area contributed by atoms with Gasteiger partial charge in [-0.15, -0.1) is 0 Å². The zero-order valence-electron chi connectivity index (χ0n) is 11.1. The molecule has 2 unspecified atom stereocenters. The van der Waals surface area contributed by atoms with Crippen LogP contribution in [0.4, 0.5) is 0 Å². The van der Waals surface area contributed by atoms with Crippen molar-refractivity contribution in [3.63, 3.8) is 0 Å². The van der Waals surface area contributed by atoms with E-state index in [9.17, 15) is 9.59 Å². The van der Waals surface area contributed by atoms with Gasteiger partial charge in [-0.3, -0.25) is 0 Å². The van der Waals surface area contributed by atoms with E-state index in [1.165, 1.54) is 0 Å². The molecule has 1 rings (SSSR count). The highest BCUT2D eigenvalue weighted by atomic mass is 16.5. The lowest BCUT2D eigenvalue weighted by Crippen LogP contribution is -2.19. The molecule has 0 aliphatic rings. The molecule has 0 amide bonds. The van der Waals surface area contributed by atoms with E-state index in [2.05, 4.69) is 4.42 Å². The van der Waals surface area contributed by atoms with Gasteiger partial charge < -0.3 is 29.6 Å². The van der Waals surface area contributed by atoms with Gasteiger partial charge in [0, 0.05) is 0 Å². The number of aromatic carboxylic acids is 2. The summed E-state index contributed by atoms with van der Waals surface area (Å²) < 4.78 is 9.36. The molecule has 1 aromatic heterocycles. The van der Waals surface area contributed by atoms with Crippen molar-refractivity contribution in [2.75, 3.05) is 13.2 Å². The number of carboxylic acid groups (broad SMARTS) is 2. The lowest BCUT2D eigenvalue weighted by molar-refractivity contribution is -0.0177. The van der Waals surface area contributed by atoms with Gasteiger partial charge in [-0.05, 0) is 19.9 Å². The molecule has 114 valence electrons. The normalized spacial score (nSPS) is 13.0. The van der Waals surface area contributed by atoms with Gasteiger partial charge in [0.15, 0.2) is 0 Å². The van der Waals surface area contributed by atoms with Gasteiger partial charge in [-0.25, -0.2) is 9.59 Å². The highest BCUT2D eigenvalue weighted by molar-refractivity contribution is 5.99. The summed E-state index contributed by atoms with van der Waals surface area (Å²) in [6.45, 7) is 3.70. The first-order valence-electron chi connectivity index (χ1n) is 5.74. The van der Waals surface area contributed by atoms with E-state index in [4.69, 9.17) is 25.2 Å². The summed E-state index contributed by atoms with van der Waals surface area (Å²) in [5.41, 5.74) is -0.336. The van der Waals surface area contributed by atoms with E-state index >= 15 is 0 Å². The van der Waals surface area contributed by atoms with Crippen LogP contribution < -0.4 is 0 Å². The summed E-state index contributed by atoms with van der Waals surface area (Å²) in [6, 6.07) is 1.09. The van der Waals surface area contributed by atoms with Crippen LogP contribution in [0.2, 0.25) is 0 Å². The lowest BCUT2D eigenvalue weighted by atomic mass is 10.2. The Balaban J connectivity index is 0.000000370. The first-order chi connectivity index (χ1) is 9.29. The van der Waals surface area contributed by atoms with E-state index < -0.39 is 23.8 Å². The third-order valence-corrected chi connectivity index (χ3v) is 1.97.